The smallest absolute Gasteiger partial charge is 0.338 e. The zero-order valence-corrected chi connectivity index (χ0v) is 17.1. The summed E-state index contributed by atoms with van der Waals surface area (Å²) in [6.45, 7) is 3.96. The van der Waals surface area contributed by atoms with Gasteiger partial charge >= 0.3 is 5.97 Å². The van der Waals surface area contributed by atoms with Crippen molar-refractivity contribution in [1.29, 1.82) is 0 Å². The molecule has 1 fully saturated rings. The van der Waals surface area contributed by atoms with Crippen LogP contribution < -0.4 is 5.32 Å². The summed E-state index contributed by atoms with van der Waals surface area (Å²) in [5.41, 5.74) is 0.195. The zero-order chi connectivity index (χ0) is 20.2. The van der Waals surface area contributed by atoms with E-state index < -0.39 is 16.0 Å². The Kier molecular flexibility index (Phi) is 7.00. The fraction of sp³-hybridized carbons (Fsp3) is 0.579. The molecule has 8 heteroatoms. The first-order chi connectivity index (χ1) is 12.6. The zero-order valence-electron chi connectivity index (χ0n) is 16.3. The highest BCUT2D eigenvalue weighted by Gasteiger charge is 2.28. The molecule has 27 heavy (non-hydrogen) atoms. The minimum Gasteiger partial charge on any atom is -0.452 e. The van der Waals surface area contributed by atoms with Gasteiger partial charge in [0, 0.05) is 20.1 Å². The molecule has 1 saturated carbocycles. The molecule has 0 bridgehead atoms. The highest BCUT2D eigenvalue weighted by Crippen LogP contribution is 2.29. The fourth-order valence-electron chi connectivity index (χ4n) is 3.22. The molecule has 150 valence electrons. The number of carbonyl (C=O) groups is 2. The number of amides is 1. The normalized spacial score (nSPS) is 23.1. The van der Waals surface area contributed by atoms with Crippen molar-refractivity contribution >= 4 is 21.9 Å². The van der Waals surface area contributed by atoms with Crippen molar-refractivity contribution in [3.63, 3.8) is 0 Å². The predicted molar refractivity (Wildman–Crippen MR) is 102 cm³/mol. The number of nitrogens with zero attached hydrogens (tertiary/aromatic N) is 1. The van der Waals surface area contributed by atoms with E-state index in [1.54, 1.807) is 0 Å². The second-order valence-corrected chi connectivity index (χ2v) is 9.48. The van der Waals surface area contributed by atoms with Crippen molar-refractivity contribution in [2.24, 2.45) is 11.8 Å². The molecule has 0 unspecified atom stereocenters. The lowest BCUT2D eigenvalue weighted by Crippen LogP contribution is -2.45. The maximum atomic E-state index is 12.1. The lowest BCUT2D eigenvalue weighted by atomic mass is 9.78. The van der Waals surface area contributed by atoms with E-state index in [1.165, 1.54) is 44.8 Å². The molecule has 0 saturated heterocycles. The molecular weight excluding hydrogens is 368 g/mol. The summed E-state index contributed by atoms with van der Waals surface area (Å²) in [7, 11) is -0.685. The molecule has 7 nitrogen and oxygen atoms in total. The van der Waals surface area contributed by atoms with Crippen molar-refractivity contribution in [1.82, 2.24) is 9.62 Å². The van der Waals surface area contributed by atoms with Crippen LogP contribution in [0.3, 0.4) is 0 Å². The Bertz CT molecular complexity index is 774. The van der Waals surface area contributed by atoms with Gasteiger partial charge in [-0.2, -0.15) is 0 Å². The van der Waals surface area contributed by atoms with Crippen molar-refractivity contribution < 1.29 is 22.7 Å². The number of hydrogen-bond donors (Lipinski definition) is 1. The van der Waals surface area contributed by atoms with Gasteiger partial charge in [-0.15, -0.1) is 0 Å². The van der Waals surface area contributed by atoms with Crippen molar-refractivity contribution in [2.45, 2.75) is 44.0 Å². The van der Waals surface area contributed by atoms with Crippen LogP contribution >= 0.6 is 0 Å². The molecule has 0 radical (unpaired) electrons. The average molecular weight is 397 g/mol. The maximum Gasteiger partial charge on any atom is 0.338 e. The minimum absolute atomic E-state index is 0.0854. The first-order valence-corrected chi connectivity index (χ1v) is 10.6. The maximum absolute atomic E-state index is 12.1. The third-order valence-corrected chi connectivity index (χ3v) is 7.09. The van der Waals surface area contributed by atoms with Crippen LogP contribution in [0.2, 0.25) is 0 Å². The fourth-order valence-corrected chi connectivity index (χ4v) is 4.12. The van der Waals surface area contributed by atoms with E-state index in [1.807, 2.05) is 0 Å². The molecule has 1 aromatic carbocycles. The van der Waals surface area contributed by atoms with Crippen molar-refractivity contribution in [2.75, 3.05) is 20.7 Å². The third kappa shape index (κ3) is 5.29. The number of benzene rings is 1. The summed E-state index contributed by atoms with van der Waals surface area (Å²) < 4.78 is 30.2. The summed E-state index contributed by atoms with van der Waals surface area (Å²) in [6, 6.07) is 5.55. The molecule has 0 spiro atoms. The van der Waals surface area contributed by atoms with Gasteiger partial charge in [0.15, 0.2) is 6.61 Å². The van der Waals surface area contributed by atoms with Gasteiger partial charge in [-0.05, 0) is 42.5 Å². The Hall–Kier alpha value is -1.93. The quantitative estimate of drug-likeness (QED) is 0.743. The van der Waals surface area contributed by atoms with E-state index in [2.05, 4.69) is 19.2 Å². The minimum atomic E-state index is -3.55. The molecule has 1 aliphatic rings. The summed E-state index contributed by atoms with van der Waals surface area (Å²) in [5, 5.41) is 2.95. The average Bonchev–Trinajstić information content (AvgIpc) is 2.63. The van der Waals surface area contributed by atoms with Crippen LogP contribution in [0.1, 0.15) is 43.5 Å². The van der Waals surface area contributed by atoms with E-state index >= 15 is 0 Å². The van der Waals surface area contributed by atoms with Gasteiger partial charge in [-0.1, -0.05) is 26.7 Å². The van der Waals surface area contributed by atoms with Gasteiger partial charge in [0.05, 0.1) is 10.5 Å². The van der Waals surface area contributed by atoms with Gasteiger partial charge in [-0.25, -0.2) is 17.5 Å². The number of rotatable bonds is 6. The molecule has 1 amide bonds. The number of nitrogens with one attached hydrogen (secondary N) is 1. The van der Waals surface area contributed by atoms with E-state index in [9.17, 15) is 18.0 Å². The highest BCUT2D eigenvalue weighted by molar-refractivity contribution is 7.89. The standard InChI is InChI=1S/C19H28N2O5S/c1-13-6-5-7-17(14(13)2)20-18(22)12-26-19(23)15-8-10-16(11-9-15)27(24,25)21(3)4/h8-11,13-14,17H,5-7,12H2,1-4H3,(H,20,22)/t13-,14+,17-/m1/s1. The van der Waals surface area contributed by atoms with Gasteiger partial charge in [0.1, 0.15) is 0 Å². The Balaban J connectivity index is 1.89. The lowest BCUT2D eigenvalue weighted by molar-refractivity contribution is -0.125. The Morgan fingerprint density at radius 1 is 1.15 bits per heavy atom. The number of sulfonamides is 1. The summed E-state index contributed by atoms with van der Waals surface area (Å²) >= 11 is 0. The van der Waals surface area contributed by atoms with E-state index in [0.29, 0.717) is 11.8 Å². The molecular formula is C19H28N2O5S. The second-order valence-electron chi connectivity index (χ2n) is 7.33. The Morgan fingerprint density at radius 2 is 1.78 bits per heavy atom. The molecule has 0 aliphatic heterocycles. The van der Waals surface area contributed by atoms with Crippen LogP contribution in [0.4, 0.5) is 0 Å². The second kappa shape index (κ2) is 8.84. The van der Waals surface area contributed by atoms with Crippen LogP contribution in [0.15, 0.2) is 29.2 Å². The van der Waals surface area contributed by atoms with Gasteiger partial charge in [0.2, 0.25) is 10.0 Å². The first kappa shape index (κ1) is 21.4. The van der Waals surface area contributed by atoms with Crippen LogP contribution in [0.5, 0.6) is 0 Å². The van der Waals surface area contributed by atoms with Gasteiger partial charge < -0.3 is 10.1 Å². The number of hydrogen-bond acceptors (Lipinski definition) is 5. The molecule has 1 N–H and O–H groups in total. The summed E-state index contributed by atoms with van der Waals surface area (Å²) in [5.74, 6) is -0.0294. The van der Waals surface area contributed by atoms with E-state index in [0.717, 1.165) is 17.1 Å². The largest absolute Gasteiger partial charge is 0.452 e. The van der Waals surface area contributed by atoms with E-state index in [-0.39, 0.29) is 29.0 Å². The van der Waals surface area contributed by atoms with Crippen LogP contribution in [-0.4, -0.2) is 51.3 Å². The Morgan fingerprint density at radius 3 is 2.37 bits per heavy atom. The summed E-state index contributed by atoms with van der Waals surface area (Å²) in [6.07, 6.45) is 3.19. The molecule has 0 heterocycles. The topological polar surface area (TPSA) is 92.8 Å². The molecule has 3 atom stereocenters. The van der Waals surface area contributed by atoms with Crippen LogP contribution in [-0.2, 0) is 19.6 Å². The molecule has 2 rings (SSSR count). The predicted octanol–water partition coefficient (Wildman–Crippen LogP) is 2.03. The van der Waals surface area contributed by atoms with Crippen molar-refractivity contribution in [3.05, 3.63) is 29.8 Å². The number of carbonyl (C=O) groups excluding carboxylic acids is 2. The third-order valence-electron chi connectivity index (χ3n) is 5.26. The van der Waals surface area contributed by atoms with Crippen molar-refractivity contribution in [3.8, 4) is 0 Å². The molecule has 1 aromatic rings. The van der Waals surface area contributed by atoms with E-state index in [4.69, 9.17) is 4.74 Å². The number of ether oxygens (including phenoxy) is 1. The molecule has 1 aliphatic carbocycles. The SMILES string of the molecule is C[C@H]1[C@H](C)CCC[C@H]1NC(=O)COC(=O)c1ccc(S(=O)(=O)N(C)C)cc1. The Labute approximate surface area is 161 Å². The lowest BCUT2D eigenvalue weighted by Gasteiger charge is -2.34. The first-order valence-electron chi connectivity index (χ1n) is 9.12. The van der Waals surface area contributed by atoms with Gasteiger partial charge in [-0.3, -0.25) is 4.79 Å². The van der Waals surface area contributed by atoms with Crippen LogP contribution in [0.25, 0.3) is 0 Å². The van der Waals surface area contributed by atoms with Gasteiger partial charge in [0.25, 0.3) is 5.91 Å². The monoisotopic (exact) mass is 396 g/mol. The van der Waals surface area contributed by atoms with Crippen LogP contribution in [0, 0.1) is 11.8 Å². The molecule has 0 aromatic heterocycles. The number of esters is 1. The summed E-state index contributed by atoms with van der Waals surface area (Å²) in [4.78, 5) is 24.3. The highest BCUT2D eigenvalue weighted by atomic mass is 32.2.